The average molecular weight is 178 g/mol. The van der Waals surface area contributed by atoms with Crippen molar-refractivity contribution in [2.24, 2.45) is 0 Å². The number of hydrogen-bond donors (Lipinski definition) is 1. The molecule has 0 saturated carbocycles. The van der Waals surface area contributed by atoms with Gasteiger partial charge in [0.15, 0.2) is 0 Å². The molecule has 0 radical (unpaired) electrons. The van der Waals surface area contributed by atoms with E-state index in [4.69, 9.17) is 0 Å². The Balaban J connectivity index is 2.62. The summed E-state index contributed by atoms with van der Waals surface area (Å²) in [5.41, 5.74) is 2.68. The van der Waals surface area contributed by atoms with Crippen molar-refractivity contribution in [1.29, 1.82) is 0 Å². The summed E-state index contributed by atoms with van der Waals surface area (Å²) in [6.45, 7) is 4.17. The minimum absolute atomic E-state index is 0.301. The number of aromatic amines is 1. The lowest BCUT2D eigenvalue weighted by Gasteiger charge is -1.97. The molecule has 2 nitrogen and oxygen atoms in total. The van der Waals surface area contributed by atoms with Crippen LogP contribution in [-0.4, -0.2) is 9.97 Å². The van der Waals surface area contributed by atoms with Crippen LogP contribution in [0.1, 0.15) is 25.5 Å². The van der Waals surface area contributed by atoms with E-state index in [0.29, 0.717) is 5.92 Å². The van der Waals surface area contributed by atoms with Crippen molar-refractivity contribution in [3.63, 3.8) is 0 Å². The average Bonchev–Trinajstić information content (AvgIpc) is 2.46. The quantitative estimate of drug-likeness (QED) is 0.714. The van der Waals surface area contributed by atoms with Gasteiger partial charge in [0, 0.05) is 11.8 Å². The van der Waals surface area contributed by atoms with Crippen molar-refractivity contribution >= 4 is 11.0 Å². The van der Waals surface area contributed by atoms with Gasteiger partial charge in [0.2, 0.25) is 0 Å². The number of fused-ring (bicyclic) bond motifs is 1. The van der Waals surface area contributed by atoms with Gasteiger partial charge in [0.25, 0.3) is 0 Å². The van der Waals surface area contributed by atoms with Gasteiger partial charge in [0.05, 0.1) is 17.2 Å². The van der Waals surface area contributed by atoms with E-state index in [1.807, 2.05) is 6.07 Å². The lowest BCUT2D eigenvalue weighted by atomic mass is 10.1. The van der Waals surface area contributed by atoms with Crippen molar-refractivity contribution in [3.8, 4) is 0 Å². The molecule has 0 unspecified atom stereocenters. The first-order valence-corrected chi connectivity index (χ1v) is 4.31. The lowest BCUT2D eigenvalue weighted by Crippen LogP contribution is -1.84. The minimum atomic E-state index is -0.301. The second-order valence-corrected chi connectivity index (χ2v) is 3.47. The van der Waals surface area contributed by atoms with Crippen LogP contribution in [0.4, 0.5) is 4.39 Å². The summed E-state index contributed by atoms with van der Waals surface area (Å²) < 4.78 is 12.8. The summed E-state index contributed by atoms with van der Waals surface area (Å²) in [6.07, 6.45) is 1.24. The fourth-order valence-corrected chi connectivity index (χ4v) is 1.31. The Hall–Kier alpha value is -1.38. The van der Waals surface area contributed by atoms with Crippen LogP contribution in [0.15, 0.2) is 18.3 Å². The largest absolute Gasteiger partial charge is 0.357 e. The number of halogens is 1. The summed E-state index contributed by atoms with van der Waals surface area (Å²) >= 11 is 0. The van der Waals surface area contributed by atoms with Crippen LogP contribution in [0.5, 0.6) is 0 Å². The standard InChI is InChI=1S/C10H11FN2/c1-6(2)8-4-9-10(13-8)3-7(11)5-12-9/h3-6,13H,1-2H3. The predicted molar refractivity (Wildman–Crippen MR) is 50.1 cm³/mol. The molecule has 0 aliphatic carbocycles. The minimum Gasteiger partial charge on any atom is -0.357 e. The van der Waals surface area contributed by atoms with Gasteiger partial charge < -0.3 is 4.98 Å². The third-order valence-corrected chi connectivity index (χ3v) is 2.08. The monoisotopic (exact) mass is 178 g/mol. The van der Waals surface area contributed by atoms with Crippen LogP contribution in [0, 0.1) is 5.82 Å². The Labute approximate surface area is 75.8 Å². The summed E-state index contributed by atoms with van der Waals surface area (Å²) in [5.74, 6) is 0.113. The van der Waals surface area contributed by atoms with Gasteiger partial charge in [-0.3, -0.25) is 4.98 Å². The second-order valence-electron chi connectivity index (χ2n) is 3.47. The molecule has 0 aliphatic heterocycles. The first kappa shape index (κ1) is 8.23. The third-order valence-electron chi connectivity index (χ3n) is 2.08. The van der Waals surface area contributed by atoms with E-state index in [2.05, 4.69) is 23.8 Å². The molecule has 2 aromatic heterocycles. The van der Waals surface area contributed by atoms with Gasteiger partial charge in [-0.05, 0) is 12.0 Å². The van der Waals surface area contributed by atoms with Crippen LogP contribution in [0.3, 0.4) is 0 Å². The highest BCUT2D eigenvalue weighted by Crippen LogP contribution is 2.19. The van der Waals surface area contributed by atoms with Crippen molar-refractivity contribution in [1.82, 2.24) is 9.97 Å². The second kappa shape index (κ2) is 2.83. The maximum atomic E-state index is 12.8. The van der Waals surface area contributed by atoms with Crippen LogP contribution in [0.25, 0.3) is 11.0 Å². The smallest absolute Gasteiger partial charge is 0.143 e. The Morgan fingerprint density at radius 2 is 2.15 bits per heavy atom. The summed E-state index contributed by atoms with van der Waals surface area (Å²) in [6, 6.07) is 3.42. The Morgan fingerprint density at radius 3 is 2.85 bits per heavy atom. The van der Waals surface area contributed by atoms with E-state index in [-0.39, 0.29) is 5.82 Å². The fourth-order valence-electron chi connectivity index (χ4n) is 1.31. The predicted octanol–water partition coefficient (Wildman–Crippen LogP) is 2.83. The number of hydrogen-bond acceptors (Lipinski definition) is 1. The van der Waals surface area contributed by atoms with E-state index >= 15 is 0 Å². The Kier molecular flexibility index (Phi) is 1.79. The van der Waals surface area contributed by atoms with Crippen LogP contribution in [0.2, 0.25) is 0 Å². The fraction of sp³-hybridized carbons (Fsp3) is 0.300. The molecule has 2 rings (SSSR count). The normalized spacial score (nSPS) is 11.4. The van der Waals surface area contributed by atoms with Gasteiger partial charge in [0.1, 0.15) is 5.82 Å². The SMILES string of the molecule is CC(C)c1cc2ncc(F)cc2[nH]1. The number of rotatable bonds is 1. The van der Waals surface area contributed by atoms with Crippen molar-refractivity contribution in [3.05, 3.63) is 29.8 Å². The van der Waals surface area contributed by atoms with Crippen LogP contribution in [-0.2, 0) is 0 Å². The molecule has 2 heterocycles. The van der Waals surface area contributed by atoms with Gasteiger partial charge in [-0.1, -0.05) is 13.8 Å². The lowest BCUT2D eigenvalue weighted by molar-refractivity contribution is 0.624. The Morgan fingerprint density at radius 1 is 1.38 bits per heavy atom. The summed E-state index contributed by atoms with van der Waals surface area (Å²) in [5, 5.41) is 0. The topological polar surface area (TPSA) is 28.7 Å². The molecule has 3 heteroatoms. The number of nitrogens with zero attached hydrogens (tertiary/aromatic N) is 1. The molecular formula is C10H11FN2. The zero-order valence-electron chi connectivity index (χ0n) is 7.63. The van der Waals surface area contributed by atoms with E-state index < -0.39 is 0 Å². The summed E-state index contributed by atoms with van der Waals surface area (Å²) in [4.78, 5) is 7.11. The molecule has 13 heavy (non-hydrogen) atoms. The molecule has 0 aliphatic rings. The van der Waals surface area contributed by atoms with Gasteiger partial charge in [-0.25, -0.2) is 4.39 Å². The van der Waals surface area contributed by atoms with E-state index in [1.54, 1.807) is 0 Å². The van der Waals surface area contributed by atoms with Gasteiger partial charge >= 0.3 is 0 Å². The molecule has 1 N–H and O–H groups in total. The van der Waals surface area contributed by atoms with Gasteiger partial charge in [-0.15, -0.1) is 0 Å². The molecule has 0 aromatic carbocycles. The van der Waals surface area contributed by atoms with Crippen molar-refractivity contribution < 1.29 is 4.39 Å². The van der Waals surface area contributed by atoms with E-state index in [1.165, 1.54) is 12.3 Å². The van der Waals surface area contributed by atoms with E-state index in [9.17, 15) is 4.39 Å². The maximum Gasteiger partial charge on any atom is 0.143 e. The summed E-state index contributed by atoms with van der Waals surface area (Å²) in [7, 11) is 0. The number of nitrogens with one attached hydrogen (secondary N) is 1. The molecule has 0 amide bonds. The van der Waals surface area contributed by atoms with Gasteiger partial charge in [-0.2, -0.15) is 0 Å². The highest BCUT2D eigenvalue weighted by molar-refractivity contribution is 5.75. The molecule has 0 atom stereocenters. The van der Waals surface area contributed by atoms with Crippen LogP contribution < -0.4 is 0 Å². The zero-order valence-corrected chi connectivity index (χ0v) is 7.63. The van der Waals surface area contributed by atoms with Crippen LogP contribution >= 0.6 is 0 Å². The molecule has 0 saturated heterocycles. The zero-order chi connectivity index (χ0) is 9.42. The first-order chi connectivity index (χ1) is 6.16. The first-order valence-electron chi connectivity index (χ1n) is 4.31. The highest BCUT2D eigenvalue weighted by Gasteiger charge is 2.05. The van der Waals surface area contributed by atoms with Crippen molar-refractivity contribution in [2.75, 3.05) is 0 Å². The van der Waals surface area contributed by atoms with E-state index in [0.717, 1.165) is 16.7 Å². The molecule has 0 bridgehead atoms. The van der Waals surface area contributed by atoms with Crippen molar-refractivity contribution in [2.45, 2.75) is 19.8 Å². The molecule has 0 fully saturated rings. The molecule has 68 valence electrons. The number of H-pyrrole nitrogens is 1. The third kappa shape index (κ3) is 1.41. The maximum absolute atomic E-state index is 12.8. The highest BCUT2D eigenvalue weighted by atomic mass is 19.1. The Bertz CT molecular complexity index is 431. The molecule has 0 spiro atoms. The molecular weight excluding hydrogens is 167 g/mol. The number of pyridine rings is 1. The molecule has 2 aromatic rings. The number of aromatic nitrogens is 2.